The van der Waals surface area contributed by atoms with E-state index in [1.807, 2.05) is 13.2 Å². The van der Waals surface area contributed by atoms with Gasteiger partial charge < -0.3 is 5.32 Å². The highest BCUT2D eigenvalue weighted by Gasteiger charge is 2.15. The van der Waals surface area contributed by atoms with Crippen molar-refractivity contribution >= 4 is 11.6 Å². The highest BCUT2D eigenvalue weighted by molar-refractivity contribution is 6.30. The second-order valence-corrected chi connectivity index (χ2v) is 4.67. The zero-order chi connectivity index (χ0) is 13.1. The number of aromatic nitrogens is 2. The Labute approximate surface area is 111 Å². The molecule has 3 nitrogen and oxygen atoms in total. The maximum absolute atomic E-state index is 13.8. The van der Waals surface area contributed by atoms with Gasteiger partial charge in [-0.05, 0) is 37.2 Å². The highest BCUT2D eigenvalue weighted by Crippen LogP contribution is 2.24. The first kappa shape index (κ1) is 13.1. The minimum atomic E-state index is -0.248. The molecule has 2 rings (SSSR count). The molecule has 0 radical (unpaired) electrons. The number of nitrogens with zero attached hydrogens (tertiary/aromatic N) is 2. The van der Waals surface area contributed by atoms with Crippen LogP contribution in [0.15, 0.2) is 30.6 Å². The third kappa shape index (κ3) is 2.89. The van der Waals surface area contributed by atoms with Crippen LogP contribution in [0.2, 0.25) is 5.02 Å². The summed E-state index contributed by atoms with van der Waals surface area (Å²) in [6.45, 7) is 0. The molecule has 0 spiro atoms. The summed E-state index contributed by atoms with van der Waals surface area (Å²) in [5, 5.41) is 7.75. The van der Waals surface area contributed by atoms with Gasteiger partial charge in [0.25, 0.3) is 0 Å². The molecule has 0 bridgehead atoms. The van der Waals surface area contributed by atoms with Gasteiger partial charge in [-0.3, -0.25) is 4.68 Å². The van der Waals surface area contributed by atoms with E-state index >= 15 is 0 Å². The Hall–Kier alpha value is -1.39. The molecule has 1 N–H and O–H groups in total. The van der Waals surface area contributed by atoms with Crippen molar-refractivity contribution in [3.8, 4) is 0 Å². The third-order valence-corrected chi connectivity index (χ3v) is 3.12. The van der Waals surface area contributed by atoms with E-state index in [1.165, 1.54) is 6.07 Å². The third-order valence-electron chi connectivity index (χ3n) is 2.88. The average Bonchev–Trinajstić information content (AvgIpc) is 2.75. The largest absolute Gasteiger partial charge is 0.313 e. The van der Waals surface area contributed by atoms with Crippen molar-refractivity contribution in [1.29, 1.82) is 0 Å². The normalized spacial score (nSPS) is 12.7. The van der Waals surface area contributed by atoms with Gasteiger partial charge in [0.05, 0.1) is 6.20 Å². The van der Waals surface area contributed by atoms with Crippen LogP contribution in [-0.4, -0.2) is 16.8 Å². The van der Waals surface area contributed by atoms with Crippen LogP contribution in [0.3, 0.4) is 0 Å². The molecule has 0 saturated heterocycles. The van der Waals surface area contributed by atoms with Gasteiger partial charge in [-0.1, -0.05) is 11.6 Å². The molecule has 0 saturated carbocycles. The average molecular weight is 268 g/mol. The Kier molecular flexibility index (Phi) is 3.99. The fraction of sp³-hybridized carbons (Fsp3) is 0.308. The number of likely N-dealkylation sites (N-methyl/N-ethyl adjacent to an activating group) is 1. The van der Waals surface area contributed by atoms with E-state index in [9.17, 15) is 4.39 Å². The molecule has 0 aliphatic rings. The molecule has 0 fully saturated rings. The van der Waals surface area contributed by atoms with Gasteiger partial charge in [0.15, 0.2) is 0 Å². The molecule has 0 amide bonds. The summed E-state index contributed by atoms with van der Waals surface area (Å²) in [6.07, 6.45) is 4.38. The fourth-order valence-electron chi connectivity index (χ4n) is 1.96. The maximum atomic E-state index is 13.8. The minimum Gasteiger partial charge on any atom is -0.313 e. The summed E-state index contributed by atoms with van der Waals surface area (Å²) >= 11 is 5.91. The van der Waals surface area contributed by atoms with Gasteiger partial charge in [-0.15, -0.1) is 0 Å². The van der Waals surface area contributed by atoms with Crippen LogP contribution in [0.1, 0.15) is 17.2 Å². The Morgan fingerprint density at radius 3 is 2.89 bits per heavy atom. The maximum Gasteiger partial charge on any atom is 0.128 e. The van der Waals surface area contributed by atoms with Crippen molar-refractivity contribution in [2.24, 2.45) is 7.05 Å². The number of nitrogens with one attached hydrogen (secondary N) is 1. The first-order chi connectivity index (χ1) is 8.60. The topological polar surface area (TPSA) is 29.9 Å². The lowest BCUT2D eigenvalue weighted by atomic mass is 10.0. The smallest absolute Gasteiger partial charge is 0.128 e. The predicted octanol–water partition coefficient (Wildman–Crippen LogP) is 2.72. The molecule has 1 heterocycles. The summed E-state index contributed by atoms with van der Waals surface area (Å²) in [5.41, 5.74) is 1.63. The molecule has 0 aliphatic carbocycles. The summed E-state index contributed by atoms with van der Waals surface area (Å²) in [4.78, 5) is 0. The summed E-state index contributed by atoms with van der Waals surface area (Å²) in [7, 11) is 3.67. The SMILES string of the molecule is CNC(Cc1cnn(C)c1)c1cc(Cl)ccc1F. The zero-order valence-corrected chi connectivity index (χ0v) is 11.1. The van der Waals surface area contributed by atoms with Crippen LogP contribution < -0.4 is 5.32 Å². The molecule has 0 aliphatic heterocycles. The van der Waals surface area contributed by atoms with Crippen LogP contribution in [-0.2, 0) is 13.5 Å². The van der Waals surface area contributed by atoms with Crippen LogP contribution in [0.5, 0.6) is 0 Å². The van der Waals surface area contributed by atoms with Gasteiger partial charge in [0.2, 0.25) is 0 Å². The minimum absolute atomic E-state index is 0.118. The summed E-state index contributed by atoms with van der Waals surface area (Å²) in [6, 6.07) is 4.49. The summed E-state index contributed by atoms with van der Waals surface area (Å²) < 4.78 is 15.5. The van der Waals surface area contributed by atoms with Crippen molar-refractivity contribution in [3.63, 3.8) is 0 Å². The van der Waals surface area contributed by atoms with E-state index in [0.29, 0.717) is 17.0 Å². The molecule has 5 heteroatoms. The van der Waals surface area contributed by atoms with E-state index in [0.717, 1.165) is 5.56 Å². The van der Waals surface area contributed by atoms with Crippen LogP contribution in [0, 0.1) is 5.82 Å². The van der Waals surface area contributed by atoms with Crippen molar-refractivity contribution in [2.75, 3.05) is 7.05 Å². The van der Waals surface area contributed by atoms with Crippen LogP contribution >= 0.6 is 11.6 Å². The molecule has 18 heavy (non-hydrogen) atoms. The Morgan fingerprint density at radius 1 is 1.50 bits per heavy atom. The molecular weight excluding hydrogens is 253 g/mol. The van der Waals surface area contributed by atoms with Gasteiger partial charge in [0.1, 0.15) is 5.82 Å². The van der Waals surface area contributed by atoms with E-state index < -0.39 is 0 Å². The first-order valence-corrected chi connectivity index (χ1v) is 6.07. The molecule has 1 atom stereocenters. The molecule has 96 valence electrons. The lowest BCUT2D eigenvalue weighted by molar-refractivity contribution is 0.534. The monoisotopic (exact) mass is 267 g/mol. The van der Waals surface area contributed by atoms with Gasteiger partial charge >= 0.3 is 0 Å². The Morgan fingerprint density at radius 2 is 2.28 bits per heavy atom. The Bertz CT molecular complexity index is 539. The zero-order valence-electron chi connectivity index (χ0n) is 10.3. The van der Waals surface area contributed by atoms with Crippen molar-refractivity contribution in [1.82, 2.24) is 15.1 Å². The standard InChI is InChI=1S/C13H15ClFN3/c1-16-13(5-9-7-17-18(2)8-9)11-6-10(14)3-4-12(11)15/h3-4,6-8,13,16H,5H2,1-2H3. The quantitative estimate of drug-likeness (QED) is 0.923. The highest BCUT2D eigenvalue weighted by atomic mass is 35.5. The number of hydrogen-bond acceptors (Lipinski definition) is 2. The van der Waals surface area contributed by atoms with E-state index in [-0.39, 0.29) is 11.9 Å². The van der Waals surface area contributed by atoms with Crippen molar-refractivity contribution in [3.05, 3.63) is 52.6 Å². The lowest BCUT2D eigenvalue weighted by Crippen LogP contribution is -2.20. The number of hydrogen-bond donors (Lipinski definition) is 1. The molecule has 1 aromatic carbocycles. The number of aryl methyl sites for hydroxylation is 1. The predicted molar refractivity (Wildman–Crippen MR) is 70.1 cm³/mol. The molecule has 1 aromatic heterocycles. The first-order valence-electron chi connectivity index (χ1n) is 5.70. The van der Waals surface area contributed by atoms with Crippen molar-refractivity contribution < 1.29 is 4.39 Å². The van der Waals surface area contributed by atoms with Crippen molar-refractivity contribution in [2.45, 2.75) is 12.5 Å². The number of halogens is 2. The second-order valence-electron chi connectivity index (χ2n) is 4.23. The van der Waals surface area contributed by atoms with Gasteiger partial charge in [-0.25, -0.2) is 4.39 Å². The van der Waals surface area contributed by atoms with E-state index in [4.69, 9.17) is 11.6 Å². The fourth-order valence-corrected chi connectivity index (χ4v) is 2.14. The second kappa shape index (κ2) is 5.50. The molecule has 2 aromatic rings. The van der Waals surface area contributed by atoms with Crippen LogP contribution in [0.25, 0.3) is 0 Å². The summed E-state index contributed by atoms with van der Waals surface area (Å²) in [5.74, 6) is -0.248. The Balaban J connectivity index is 2.25. The van der Waals surface area contributed by atoms with E-state index in [1.54, 1.807) is 30.1 Å². The van der Waals surface area contributed by atoms with Gasteiger partial charge in [-0.2, -0.15) is 5.10 Å². The van der Waals surface area contributed by atoms with E-state index in [2.05, 4.69) is 10.4 Å². The molecular formula is C13H15ClFN3. The van der Waals surface area contributed by atoms with Crippen LogP contribution in [0.4, 0.5) is 4.39 Å². The van der Waals surface area contributed by atoms with Gasteiger partial charge in [0, 0.05) is 29.9 Å². The molecule has 1 unspecified atom stereocenters. The number of benzene rings is 1. The lowest BCUT2D eigenvalue weighted by Gasteiger charge is -2.16. The number of rotatable bonds is 4.